The minimum atomic E-state index is -0.689. The predicted octanol–water partition coefficient (Wildman–Crippen LogP) is 3.70. The summed E-state index contributed by atoms with van der Waals surface area (Å²) in [5.74, 6) is -0.709. The van der Waals surface area contributed by atoms with Crippen molar-refractivity contribution in [1.82, 2.24) is 10.6 Å². The van der Waals surface area contributed by atoms with E-state index in [1.165, 1.54) is 13.8 Å². The van der Waals surface area contributed by atoms with Gasteiger partial charge >= 0.3 is 12.1 Å². The first-order valence-electron chi connectivity index (χ1n) is 12.5. The maximum atomic E-state index is 11.8. The zero-order valence-corrected chi connectivity index (χ0v) is 21.3. The van der Waals surface area contributed by atoms with Crippen LogP contribution in [0, 0.1) is 5.92 Å². The van der Waals surface area contributed by atoms with Gasteiger partial charge in [-0.15, -0.1) is 0 Å². The number of alkyl carbamates (subject to hydrolysis) is 1. The van der Waals surface area contributed by atoms with Crippen molar-refractivity contribution >= 4 is 18.0 Å². The van der Waals surface area contributed by atoms with Crippen LogP contribution in [0.2, 0.25) is 0 Å². The normalized spacial score (nSPS) is 23.8. The van der Waals surface area contributed by atoms with Crippen LogP contribution in [0.4, 0.5) is 4.79 Å². The molecule has 1 aliphatic heterocycles. The second-order valence-electron chi connectivity index (χ2n) is 8.88. The van der Waals surface area contributed by atoms with Gasteiger partial charge in [0.1, 0.15) is 18.8 Å². The maximum Gasteiger partial charge on any atom is 0.407 e. The number of hydrogen-bond donors (Lipinski definition) is 2. The number of esters is 1. The average Bonchev–Trinajstić information content (AvgIpc) is 2.83. The van der Waals surface area contributed by atoms with Crippen LogP contribution in [0.15, 0.2) is 30.3 Å². The molecule has 1 aromatic carbocycles. The fraction of sp³-hybridized carbons (Fsp3) is 0.654. The van der Waals surface area contributed by atoms with E-state index >= 15 is 0 Å². The zero-order chi connectivity index (χ0) is 25.6. The Morgan fingerprint density at radius 3 is 2.40 bits per heavy atom. The van der Waals surface area contributed by atoms with Gasteiger partial charge in [-0.2, -0.15) is 0 Å². The Hall–Kier alpha value is -2.65. The van der Waals surface area contributed by atoms with E-state index in [9.17, 15) is 14.4 Å². The van der Waals surface area contributed by atoms with Gasteiger partial charge in [-0.1, -0.05) is 57.0 Å². The first-order valence-corrected chi connectivity index (χ1v) is 12.5. The quantitative estimate of drug-likeness (QED) is 0.319. The van der Waals surface area contributed by atoms with E-state index in [1.807, 2.05) is 44.2 Å². The largest absolute Gasteiger partial charge is 0.460 e. The van der Waals surface area contributed by atoms with Crippen molar-refractivity contribution in [2.45, 2.75) is 90.9 Å². The van der Waals surface area contributed by atoms with E-state index in [2.05, 4.69) is 10.6 Å². The summed E-state index contributed by atoms with van der Waals surface area (Å²) < 4.78 is 22.8. The van der Waals surface area contributed by atoms with E-state index in [-0.39, 0.29) is 24.5 Å². The molecular weight excluding hydrogens is 452 g/mol. The van der Waals surface area contributed by atoms with Crippen molar-refractivity contribution in [2.75, 3.05) is 13.2 Å². The molecule has 1 heterocycles. The van der Waals surface area contributed by atoms with E-state index in [4.69, 9.17) is 18.9 Å². The minimum absolute atomic E-state index is 0.0764. The van der Waals surface area contributed by atoms with Crippen LogP contribution in [0.5, 0.6) is 0 Å². The lowest BCUT2D eigenvalue weighted by molar-refractivity contribution is -0.253. The summed E-state index contributed by atoms with van der Waals surface area (Å²) >= 11 is 0. The van der Waals surface area contributed by atoms with Crippen LogP contribution in [-0.2, 0) is 35.1 Å². The fourth-order valence-corrected chi connectivity index (χ4v) is 4.19. The number of ether oxygens (including phenoxy) is 4. The smallest absolute Gasteiger partial charge is 0.407 e. The highest BCUT2D eigenvalue weighted by molar-refractivity contribution is 5.73. The number of rotatable bonds is 13. The number of unbranched alkanes of at least 4 members (excludes halogenated alkanes) is 3. The molecule has 1 fully saturated rings. The Labute approximate surface area is 208 Å². The Balaban J connectivity index is 1.67. The SMILES string of the molecule is CC[C@H]1O[C@@H](OCCCCCCNC(=O)OCc2ccccc2)[C@H](NC(C)=O)[C@@H](OC(C)=O)[C@@H]1C. The Kier molecular flexibility index (Phi) is 12.6. The monoisotopic (exact) mass is 492 g/mol. The summed E-state index contributed by atoms with van der Waals surface area (Å²) in [4.78, 5) is 35.2. The van der Waals surface area contributed by atoms with Crippen LogP contribution < -0.4 is 10.6 Å². The van der Waals surface area contributed by atoms with E-state index in [1.54, 1.807) is 0 Å². The molecule has 2 amide bonds. The van der Waals surface area contributed by atoms with Gasteiger partial charge in [-0.25, -0.2) is 4.79 Å². The molecule has 0 saturated carbocycles. The van der Waals surface area contributed by atoms with Crippen molar-refractivity contribution in [1.29, 1.82) is 0 Å². The van der Waals surface area contributed by atoms with Crippen LogP contribution in [0.1, 0.15) is 65.4 Å². The van der Waals surface area contributed by atoms with Crippen molar-refractivity contribution in [3.63, 3.8) is 0 Å². The van der Waals surface area contributed by atoms with Gasteiger partial charge < -0.3 is 29.6 Å². The van der Waals surface area contributed by atoms with Crippen molar-refractivity contribution in [3.8, 4) is 0 Å². The highest BCUT2D eigenvalue weighted by Crippen LogP contribution is 2.31. The first kappa shape index (κ1) is 28.6. The van der Waals surface area contributed by atoms with E-state index in [0.717, 1.165) is 37.7 Å². The van der Waals surface area contributed by atoms with Gasteiger partial charge in [0.15, 0.2) is 6.29 Å². The van der Waals surface area contributed by atoms with Gasteiger partial charge in [0.05, 0.1) is 6.10 Å². The third-order valence-corrected chi connectivity index (χ3v) is 5.97. The highest BCUT2D eigenvalue weighted by atomic mass is 16.7. The topological polar surface area (TPSA) is 112 Å². The van der Waals surface area contributed by atoms with Gasteiger partial charge in [-0.3, -0.25) is 9.59 Å². The van der Waals surface area contributed by atoms with Crippen LogP contribution in [0.25, 0.3) is 0 Å². The van der Waals surface area contributed by atoms with Gasteiger partial charge in [0, 0.05) is 32.9 Å². The fourth-order valence-electron chi connectivity index (χ4n) is 4.19. The van der Waals surface area contributed by atoms with Crippen LogP contribution in [-0.4, -0.2) is 55.7 Å². The number of carbonyl (C=O) groups excluding carboxylic acids is 3. The third-order valence-electron chi connectivity index (χ3n) is 5.97. The van der Waals surface area contributed by atoms with E-state index < -0.39 is 30.5 Å². The first-order chi connectivity index (χ1) is 16.8. The molecule has 0 aromatic heterocycles. The molecule has 1 aliphatic rings. The Morgan fingerprint density at radius 2 is 1.74 bits per heavy atom. The van der Waals surface area contributed by atoms with Gasteiger partial charge in [0.25, 0.3) is 0 Å². The molecule has 0 aliphatic carbocycles. The molecule has 0 spiro atoms. The molecule has 35 heavy (non-hydrogen) atoms. The molecule has 5 atom stereocenters. The van der Waals surface area contributed by atoms with Crippen molar-refractivity contribution in [2.24, 2.45) is 5.92 Å². The maximum absolute atomic E-state index is 11.8. The van der Waals surface area contributed by atoms with E-state index in [0.29, 0.717) is 13.2 Å². The highest BCUT2D eigenvalue weighted by Gasteiger charge is 2.46. The number of benzene rings is 1. The molecule has 1 aromatic rings. The molecule has 0 bridgehead atoms. The van der Waals surface area contributed by atoms with Crippen LogP contribution in [0.3, 0.4) is 0 Å². The van der Waals surface area contributed by atoms with Crippen molar-refractivity contribution in [3.05, 3.63) is 35.9 Å². The summed E-state index contributed by atoms with van der Waals surface area (Å²) in [7, 11) is 0. The predicted molar refractivity (Wildman–Crippen MR) is 130 cm³/mol. The van der Waals surface area contributed by atoms with Gasteiger partial charge in [0.2, 0.25) is 5.91 Å². The van der Waals surface area contributed by atoms with Crippen LogP contribution >= 0.6 is 0 Å². The molecular formula is C26H40N2O7. The lowest BCUT2D eigenvalue weighted by Gasteiger charge is -2.44. The summed E-state index contributed by atoms with van der Waals surface area (Å²) in [6.07, 6.45) is 2.45. The number of hydrogen-bond acceptors (Lipinski definition) is 7. The molecule has 1 saturated heterocycles. The number of nitrogens with one attached hydrogen (secondary N) is 2. The lowest BCUT2D eigenvalue weighted by Crippen LogP contribution is -2.62. The molecule has 2 rings (SSSR count). The lowest BCUT2D eigenvalue weighted by atomic mass is 9.87. The molecule has 9 heteroatoms. The second kappa shape index (κ2) is 15.4. The Morgan fingerprint density at radius 1 is 1.03 bits per heavy atom. The van der Waals surface area contributed by atoms with Gasteiger partial charge in [-0.05, 0) is 24.8 Å². The number of carbonyl (C=O) groups is 3. The number of amides is 2. The standard InChI is InChI=1S/C26H40N2O7/c1-5-22-18(2)24(34-20(4)30)23(28-19(3)29)25(35-22)32-16-12-7-6-11-15-27-26(31)33-17-21-13-9-8-10-14-21/h8-10,13-14,18,22-25H,5-7,11-12,15-17H2,1-4H3,(H,27,31)(H,28,29)/t18-,22-,23-,24+,25-/m1/s1. The molecule has 9 nitrogen and oxygen atoms in total. The summed E-state index contributed by atoms with van der Waals surface area (Å²) in [6.45, 7) is 8.00. The van der Waals surface area contributed by atoms with Crippen molar-refractivity contribution < 1.29 is 33.3 Å². The molecule has 0 radical (unpaired) electrons. The third kappa shape index (κ3) is 10.2. The molecule has 0 unspecified atom stereocenters. The zero-order valence-electron chi connectivity index (χ0n) is 21.3. The molecule has 2 N–H and O–H groups in total. The second-order valence-corrected chi connectivity index (χ2v) is 8.88. The summed E-state index contributed by atoms with van der Waals surface area (Å²) in [6, 6.07) is 8.97. The summed E-state index contributed by atoms with van der Waals surface area (Å²) in [5, 5.41) is 5.61. The average molecular weight is 493 g/mol. The summed E-state index contributed by atoms with van der Waals surface area (Å²) in [5.41, 5.74) is 0.948. The molecule has 196 valence electrons. The Bertz CT molecular complexity index is 789. The minimum Gasteiger partial charge on any atom is -0.460 e.